The third-order valence-electron chi connectivity index (χ3n) is 4.58. The van der Waals surface area contributed by atoms with E-state index < -0.39 is 0 Å². The molecule has 2 amide bonds. The Morgan fingerprint density at radius 2 is 1.64 bits per heavy atom. The first kappa shape index (κ1) is 19.4. The summed E-state index contributed by atoms with van der Waals surface area (Å²) in [5.74, 6) is -0.359. The molecule has 0 spiro atoms. The summed E-state index contributed by atoms with van der Waals surface area (Å²) < 4.78 is 0. The quantitative estimate of drug-likeness (QED) is 0.654. The molecular formula is C19H30N4O2. The maximum atomic E-state index is 11.8. The Labute approximate surface area is 150 Å². The highest BCUT2D eigenvalue weighted by atomic mass is 16.2. The summed E-state index contributed by atoms with van der Waals surface area (Å²) in [7, 11) is 0. The van der Waals surface area contributed by atoms with Gasteiger partial charge in [-0.05, 0) is 38.1 Å². The molecule has 0 aliphatic carbocycles. The molecule has 6 nitrogen and oxygen atoms in total. The topological polar surface area (TPSA) is 64.7 Å². The lowest BCUT2D eigenvalue weighted by atomic mass is 10.2. The number of nitrogens with zero attached hydrogens (tertiary/aromatic N) is 2. The van der Waals surface area contributed by atoms with E-state index in [0.717, 1.165) is 52.1 Å². The number of carbonyl (C=O) groups is 2. The average molecular weight is 346 g/mol. The largest absolute Gasteiger partial charge is 0.355 e. The van der Waals surface area contributed by atoms with Crippen LogP contribution in [0.5, 0.6) is 0 Å². The highest BCUT2D eigenvalue weighted by Gasteiger charge is 2.14. The molecule has 2 N–H and O–H groups in total. The maximum Gasteiger partial charge on any atom is 0.251 e. The minimum absolute atomic E-state index is 0.0205. The molecular weight excluding hydrogens is 316 g/mol. The number of piperazine rings is 1. The first-order valence-corrected chi connectivity index (χ1v) is 9.23. The summed E-state index contributed by atoms with van der Waals surface area (Å²) in [5.41, 5.74) is 0.568. The van der Waals surface area contributed by atoms with Gasteiger partial charge in [0.15, 0.2) is 0 Å². The molecule has 0 radical (unpaired) electrons. The van der Waals surface area contributed by atoms with E-state index >= 15 is 0 Å². The molecule has 1 fully saturated rings. The lowest BCUT2D eigenvalue weighted by Crippen LogP contribution is -2.46. The monoisotopic (exact) mass is 346 g/mol. The van der Waals surface area contributed by atoms with Crippen LogP contribution in [0.25, 0.3) is 0 Å². The van der Waals surface area contributed by atoms with Crippen molar-refractivity contribution in [2.75, 3.05) is 52.4 Å². The molecule has 0 bridgehead atoms. The number of rotatable bonds is 9. The van der Waals surface area contributed by atoms with Gasteiger partial charge in [-0.2, -0.15) is 0 Å². The van der Waals surface area contributed by atoms with Crippen LogP contribution in [0.4, 0.5) is 0 Å². The summed E-state index contributed by atoms with van der Waals surface area (Å²) >= 11 is 0. The van der Waals surface area contributed by atoms with Crippen LogP contribution >= 0.6 is 0 Å². The Balaban J connectivity index is 1.49. The molecule has 0 atom stereocenters. The van der Waals surface area contributed by atoms with Crippen molar-refractivity contribution >= 4 is 11.8 Å². The van der Waals surface area contributed by atoms with Gasteiger partial charge in [0.1, 0.15) is 0 Å². The zero-order chi connectivity index (χ0) is 17.9. The van der Waals surface area contributed by atoms with E-state index in [-0.39, 0.29) is 18.4 Å². The van der Waals surface area contributed by atoms with Crippen molar-refractivity contribution in [3.63, 3.8) is 0 Å². The third-order valence-corrected chi connectivity index (χ3v) is 4.58. The first-order valence-electron chi connectivity index (χ1n) is 9.23. The van der Waals surface area contributed by atoms with Crippen molar-refractivity contribution in [1.29, 1.82) is 0 Å². The van der Waals surface area contributed by atoms with Crippen molar-refractivity contribution in [2.45, 2.75) is 19.8 Å². The second-order valence-corrected chi connectivity index (χ2v) is 6.38. The van der Waals surface area contributed by atoms with E-state index in [9.17, 15) is 9.59 Å². The van der Waals surface area contributed by atoms with Gasteiger partial charge in [-0.3, -0.25) is 9.59 Å². The minimum Gasteiger partial charge on any atom is -0.355 e. The molecule has 2 rings (SSSR count). The molecule has 0 unspecified atom stereocenters. The fraction of sp³-hybridized carbons (Fsp3) is 0.579. The van der Waals surface area contributed by atoms with Gasteiger partial charge in [0.05, 0.1) is 6.54 Å². The number of carbonyl (C=O) groups excluding carboxylic acids is 2. The molecule has 6 heteroatoms. The molecule has 1 saturated heterocycles. The summed E-state index contributed by atoms with van der Waals surface area (Å²) in [5, 5.41) is 5.50. The van der Waals surface area contributed by atoms with Crippen LogP contribution in [0.2, 0.25) is 0 Å². The van der Waals surface area contributed by atoms with E-state index in [2.05, 4.69) is 27.4 Å². The molecule has 1 aromatic rings. The molecule has 25 heavy (non-hydrogen) atoms. The standard InChI is InChI=1S/C19H30N4O2/c1-2-22-12-14-23(15-13-22)11-7-6-10-20-18(24)16-21-19(25)17-8-4-3-5-9-17/h3-5,8-9H,2,6-7,10-16H2,1H3,(H,20,24)(H,21,25). The number of amides is 2. The van der Waals surface area contributed by atoms with E-state index in [4.69, 9.17) is 0 Å². The number of hydrogen-bond donors (Lipinski definition) is 2. The van der Waals surface area contributed by atoms with Crippen LogP contribution in [0.3, 0.4) is 0 Å². The number of likely N-dealkylation sites (N-methyl/N-ethyl adjacent to an activating group) is 1. The Kier molecular flexibility index (Phi) is 8.42. The van der Waals surface area contributed by atoms with Crippen LogP contribution in [0.1, 0.15) is 30.1 Å². The van der Waals surface area contributed by atoms with Crippen LogP contribution in [-0.2, 0) is 4.79 Å². The minimum atomic E-state index is -0.220. The first-order chi connectivity index (χ1) is 12.2. The molecule has 138 valence electrons. The summed E-state index contributed by atoms with van der Waals surface area (Å²) in [6.07, 6.45) is 2.05. The Hall–Kier alpha value is -1.92. The molecule has 1 aliphatic rings. The molecule has 1 aliphatic heterocycles. The van der Waals surface area contributed by atoms with Crippen LogP contribution in [0.15, 0.2) is 30.3 Å². The fourth-order valence-electron chi connectivity index (χ4n) is 2.93. The second-order valence-electron chi connectivity index (χ2n) is 6.38. The van der Waals surface area contributed by atoms with Crippen molar-refractivity contribution in [1.82, 2.24) is 20.4 Å². The van der Waals surface area contributed by atoms with Gasteiger partial charge in [-0.15, -0.1) is 0 Å². The summed E-state index contributed by atoms with van der Waals surface area (Å²) in [6, 6.07) is 8.92. The smallest absolute Gasteiger partial charge is 0.251 e. The highest BCUT2D eigenvalue weighted by molar-refractivity contribution is 5.96. The van der Waals surface area contributed by atoms with Gasteiger partial charge in [-0.25, -0.2) is 0 Å². The van der Waals surface area contributed by atoms with Gasteiger partial charge in [0.25, 0.3) is 5.91 Å². The fourth-order valence-corrected chi connectivity index (χ4v) is 2.93. The van der Waals surface area contributed by atoms with Crippen molar-refractivity contribution < 1.29 is 9.59 Å². The van der Waals surface area contributed by atoms with Crippen molar-refractivity contribution in [2.24, 2.45) is 0 Å². The predicted octanol–water partition coefficient (Wildman–Crippen LogP) is 0.950. The Morgan fingerprint density at radius 3 is 2.32 bits per heavy atom. The maximum absolute atomic E-state index is 11.8. The lowest BCUT2D eigenvalue weighted by Gasteiger charge is -2.33. The Morgan fingerprint density at radius 1 is 0.960 bits per heavy atom. The summed E-state index contributed by atoms with van der Waals surface area (Å²) in [4.78, 5) is 28.6. The highest BCUT2D eigenvalue weighted by Crippen LogP contribution is 2.02. The number of nitrogens with one attached hydrogen (secondary N) is 2. The number of benzene rings is 1. The zero-order valence-corrected chi connectivity index (χ0v) is 15.2. The number of unbranched alkanes of at least 4 members (excludes halogenated alkanes) is 1. The van der Waals surface area contributed by atoms with Gasteiger partial charge in [0.2, 0.25) is 5.91 Å². The zero-order valence-electron chi connectivity index (χ0n) is 15.2. The molecule has 1 heterocycles. The van der Waals surface area contributed by atoms with Gasteiger partial charge in [0, 0.05) is 38.3 Å². The normalized spacial score (nSPS) is 15.7. The second kappa shape index (κ2) is 10.8. The van der Waals surface area contributed by atoms with Gasteiger partial charge >= 0.3 is 0 Å². The third kappa shape index (κ3) is 7.23. The lowest BCUT2D eigenvalue weighted by molar-refractivity contribution is -0.120. The van der Waals surface area contributed by atoms with E-state index in [0.29, 0.717) is 12.1 Å². The molecule has 1 aromatic carbocycles. The number of hydrogen-bond acceptors (Lipinski definition) is 4. The average Bonchev–Trinajstić information content (AvgIpc) is 2.67. The predicted molar refractivity (Wildman–Crippen MR) is 99.6 cm³/mol. The van der Waals surface area contributed by atoms with Crippen LogP contribution < -0.4 is 10.6 Å². The van der Waals surface area contributed by atoms with Crippen LogP contribution in [-0.4, -0.2) is 74.0 Å². The van der Waals surface area contributed by atoms with Gasteiger partial charge < -0.3 is 20.4 Å². The van der Waals surface area contributed by atoms with E-state index in [1.165, 1.54) is 0 Å². The van der Waals surface area contributed by atoms with E-state index in [1.54, 1.807) is 24.3 Å². The van der Waals surface area contributed by atoms with Gasteiger partial charge in [-0.1, -0.05) is 25.1 Å². The van der Waals surface area contributed by atoms with Crippen molar-refractivity contribution in [3.05, 3.63) is 35.9 Å². The summed E-state index contributed by atoms with van der Waals surface area (Å²) in [6.45, 7) is 9.74. The molecule has 0 aromatic heterocycles. The molecule has 0 saturated carbocycles. The Bertz CT molecular complexity index is 527. The SMILES string of the molecule is CCN1CCN(CCCCNC(=O)CNC(=O)c2ccccc2)CC1. The van der Waals surface area contributed by atoms with Crippen molar-refractivity contribution in [3.8, 4) is 0 Å². The van der Waals surface area contributed by atoms with E-state index in [1.807, 2.05) is 6.07 Å². The van der Waals surface area contributed by atoms with Crippen LogP contribution in [0, 0.1) is 0 Å².